The van der Waals surface area contributed by atoms with Crippen LogP contribution < -0.4 is 5.43 Å². The summed E-state index contributed by atoms with van der Waals surface area (Å²) in [7, 11) is 0. The molecule has 0 fully saturated rings. The van der Waals surface area contributed by atoms with Gasteiger partial charge in [-0.25, -0.2) is 4.79 Å². The number of nitro benzene ring substituents is 1. The summed E-state index contributed by atoms with van der Waals surface area (Å²) in [5.74, 6) is -0.659. The zero-order valence-electron chi connectivity index (χ0n) is 13.5. The number of benzene rings is 1. The first kappa shape index (κ1) is 16.8. The highest BCUT2D eigenvalue weighted by molar-refractivity contribution is 7.22. The Kier molecular flexibility index (Phi) is 4.37. The number of aryl methyl sites for hydroxylation is 1. The van der Waals surface area contributed by atoms with E-state index in [-0.39, 0.29) is 23.3 Å². The van der Waals surface area contributed by atoms with Crippen molar-refractivity contribution in [3.8, 4) is 10.4 Å². The number of hydrogen-bond donors (Lipinski definition) is 1. The van der Waals surface area contributed by atoms with Crippen molar-refractivity contribution in [1.82, 2.24) is 4.98 Å². The van der Waals surface area contributed by atoms with Gasteiger partial charge in [-0.2, -0.15) is 0 Å². The van der Waals surface area contributed by atoms with Gasteiger partial charge in [0.05, 0.1) is 16.9 Å². The molecule has 2 heterocycles. The average molecular weight is 358 g/mol. The fourth-order valence-corrected chi connectivity index (χ4v) is 3.78. The third kappa shape index (κ3) is 2.91. The normalized spacial score (nSPS) is 10.8. The van der Waals surface area contributed by atoms with E-state index in [1.165, 1.54) is 29.7 Å². The van der Waals surface area contributed by atoms with Crippen LogP contribution in [0.3, 0.4) is 0 Å². The number of non-ortho nitro benzene ring substituents is 1. The van der Waals surface area contributed by atoms with E-state index in [2.05, 4.69) is 4.98 Å². The van der Waals surface area contributed by atoms with Crippen LogP contribution in [0, 0.1) is 17.0 Å². The number of fused-ring (bicyclic) bond motifs is 1. The van der Waals surface area contributed by atoms with E-state index in [0.29, 0.717) is 10.2 Å². The molecule has 0 saturated carbocycles. The first-order valence-corrected chi connectivity index (χ1v) is 8.32. The maximum absolute atomic E-state index is 12.7. The fraction of sp³-hybridized carbons (Fsp3) is 0.176. The second-order valence-corrected chi connectivity index (χ2v) is 6.34. The van der Waals surface area contributed by atoms with Crippen LogP contribution in [0.15, 0.2) is 35.3 Å². The number of carbonyl (C=O) groups excluding carboxylic acids is 1. The number of thiophene rings is 1. The minimum absolute atomic E-state index is 0.00295. The van der Waals surface area contributed by atoms with E-state index >= 15 is 0 Å². The Bertz CT molecular complexity index is 1030. The molecule has 0 spiro atoms. The molecule has 0 aliphatic carbocycles. The topological polar surface area (TPSA) is 102 Å². The number of aromatic amines is 1. The van der Waals surface area contributed by atoms with Gasteiger partial charge in [-0.15, -0.1) is 11.3 Å². The summed E-state index contributed by atoms with van der Waals surface area (Å²) in [5, 5.41) is 11.2. The molecule has 1 aromatic carbocycles. The predicted octanol–water partition coefficient (Wildman–Crippen LogP) is 3.65. The van der Waals surface area contributed by atoms with Crippen LogP contribution >= 0.6 is 11.3 Å². The largest absolute Gasteiger partial charge is 0.462 e. The van der Waals surface area contributed by atoms with Gasteiger partial charge in [0.2, 0.25) is 5.43 Å². The molecule has 8 heteroatoms. The SMILES string of the molecule is CCOC(=O)c1c[nH]c2sc(-c3ccc([N+](=O)[O-])cc3)c(C)c2c1=O. The second kappa shape index (κ2) is 6.48. The summed E-state index contributed by atoms with van der Waals surface area (Å²) in [4.78, 5) is 39.3. The van der Waals surface area contributed by atoms with Gasteiger partial charge >= 0.3 is 5.97 Å². The fourth-order valence-electron chi connectivity index (χ4n) is 2.60. The molecule has 128 valence electrons. The molecule has 0 aliphatic rings. The Morgan fingerprint density at radius 1 is 1.32 bits per heavy atom. The number of pyridine rings is 1. The van der Waals surface area contributed by atoms with Crippen LogP contribution in [0.25, 0.3) is 20.7 Å². The Morgan fingerprint density at radius 3 is 2.60 bits per heavy atom. The number of rotatable bonds is 4. The van der Waals surface area contributed by atoms with Crippen molar-refractivity contribution in [3.05, 3.63) is 61.9 Å². The Balaban J connectivity index is 2.14. The predicted molar refractivity (Wildman–Crippen MR) is 95.2 cm³/mol. The maximum Gasteiger partial charge on any atom is 0.343 e. The van der Waals surface area contributed by atoms with Gasteiger partial charge < -0.3 is 9.72 Å². The lowest BCUT2D eigenvalue weighted by atomic mass is 10.1. The highest BCUT2D eigenvalue weighted by Crippen LogP contribution is 2.36. The van der Waals surface area contributed by atoms with Gasteiger partial charge in [0.1, 0.15) is 10.4 Å². The lowest BCUT2D eigenvalue weighted by molar-refractivity contribution is -0.384. The molecule has 3 aromatic rings. The van der Waals surface area contributed by atoms with Gasteiger partial charge in [0.15, 0.2) is 0 Å². The average Bonchev–Trinajstić information content (AvgIpc) is 2.93. The van der Waals surface area contributed by atoms with Gasteiger partial charge in [-0.3, -0.25) is 14.9 Å². The van der Waals surface area contributed by atoms with Crippen molar-refractivity contribution < 1.29 is 14.5 Å². The van der Waals surface area contributed by atoms with E-state index in [1.807, 2.05) is 0 Å². The van der Waals surface area contributed by atoms with E-state index in [0.717, 1.165) is 16.0 Å². The quantitative estimate of drug-likeness (QED) is 0.436. The molecule has 0 aliphatic heterocycles. The maximum atomic E-state index is 12.7. The second-order valence-electron chi connectivity index (χ2n) is 5.32. The summed E-state index contributed by atoms with van der Waals surface area (Å²) in [5.41, 5.74) is 1.08. The molecular formula is C17H14N2O5S. The first-order valence-electron chi connectivity index (χ1n) is 7.50. The standard InChI is InChI=1S/C17H14N2O5S/c1-3-24-17(21)12-8-18-16-13(14(12)20)9(2)15(25-16)10-4-6-11(7-5-10)19(22)23/h4-8H,3H2,1-2H3,(H,18,20). The molecule has 0 saturated heterocycles. The third-order valence-electron chi connectivity index (χ3n) is 3.80. The first-order chi connectivity index (χ1) is 11.9. The van der Waals surface area contributed by atoms with Gasteiger partial charge in [0, 0.05) is 23.2 Å². The molecular weight excluding hydrogens is 344 g/mol. The van der Waals surface area contributed by atoms with Crippen molar-refractivity contribution in [1.29, 1.82) is 0 Å². The number of nitro groups is 1. The van der Waals surface area contributed by atoms with Gasteiger partial charge in [-0.05, 0) is 37.1 Å². The summed E-state index contributed by atoms with van der Waals surface area (Å²) < 4.78 is 4.91. The van der Waals surface area contributed by atoms with Crippen molar-refractivity contribution in [2.75, 3.05) is 6.61 Å². The number of carbonyl (C=O) groups is 1. The van der Waals surface area contributed by atoms with E-state index in [1.54, 1.807) is 26.0 Å². The molecule has 1 N–H and O–H groups in total. The van der Waals surface area contributed by atoms with Crippen LogP contribution in [-0.2, 0) is 4.74 Å². The van der Waals surface area contributed by atoms with Gasteiger partial charge in [-0.1, -0.05) is 0 Å². The number of esters is 1. The van der Waals surface area contributed by atoms with Crippen LogP contribution in [0.2, 0.25) is 0 Å². The zero-order chi connectivity index (χ0) is 18.1. The van der Waals surface area contributed by atoms with E-state index < -0.39 is 10.9 Å². The van der Waals surface area contributed by atoms with Crippen molar-refractivity contribution in [2.24, 2.45) is 0 Å². The van der Waals surface area contributed by atoms with E-state index in [4.69, 9.17) is 4.74 Å². The monoisotopic (exact) mass is 358 g/mol. The highest BCUT2D eigenvalue weighted by Gasteiger charge is 2.19. The molecule has 0 amide bonds. The Labute approximate surface area is 146 Å². The lowest BCUT2D eigenvalue weighted by Crippen LogP contribution is -2.17. The molecule has 3 rings (SSSR count). The molecule has 0 unspecified atom stereocenters. The van der Waals surface area contributed by atoms with Crippen LogP contribution in [0.1, 0.15) is 22.8 Å². The molecule has 2 aromatic heterocycles. The van der Waals surface area contributed by atoms with Crippen LogP contribution in [0.5, 0.6) is 0 Å². The highest BCUT2D eigenvalue weighted by atomic mass is 32.1. The number of H-pyrrole nitrogens is 1. The zero-order valence-corrected chi connectivity index (χ0v) is 14.3. The Morgan fingerprint density at radius 2 is 2.00 bits per heavy atom. The van der Waals surface area contributed by atoms with Crippen molar-refractivity contribution in [3.63, 3.8) is 0 Å². The van der Waals surface area contributed by atoms with Crippen LogP contribution in [0.4, 0.5) is 5.69 Å². The summed E-state index contributed by atoms with van der Waals surface area (Å²) >= 11 is 1.36. The third-order valence-corrected chi connectivity index (χ3v) is 5.07. The number of nitrogens with one attached hydrogen (secondary N) is 1. The smallest absolute Gasteiger partial charge is 0.343 e. The van der Waals surface area contributed by atoms with Gasteiger partial charge in [0.25, 0.3) is 5.69 Å². The molecule has 25 heavy (non-hydrogen) atoms. The minimum Gasteiger partial charge on any atom is -0.462 e. The molecule has 0 atom stereocenters. The number of aromatic nitrogens is 1. The Hall–Kier alpha value is -3.00. The number of ether oxygens (including phenoxy) is 1. The summed E-state index contributed by atoms with van der Waals surface area (Å²) in [6.45, 7) is 3.65. The molecule has 7 nitrogen and oxygen atoms in total. The molecule has 0 radical (unpaired) electrons. The van der Waals surface area contributed by atoms with E-state index in [9.17, 15) is 19.7 Å². The summed E-state index contributed by atoms with van der Waals surface area (Å²) in [6.07, 6.45) is 1.36. The summed E-state index contributed by atoms with van der Waals surface area (Å²) in [6, 6.07) is 6.13. The lowest BCUT2D eigenvalue weighted by Gasteiger charge is -2.01. The minimum atomic E-state index is -0.659. The number of hydrogen-bond acceptors (Lipinski definition) is 6. The number of nitrogens with zero attached hydrogens (tertiary/aromatic N) is 1. The molecule has 0 bridgehead atoms. The van der Waals surface area contributed by atoms with Crippen molar-refractivity contribution >= 4 is 33.2 Å². The van der Waals surface area contributed by atoms with Crippen molar-refractivity contribution in [2.45, 2.75) is 13.8 Å². The van der Waals surface area contributed by atoms with Crippen LogP contribution in [-0.4, -0.2) is 22.5 Å².